The Morgan fingerprint density at radius 3 is 2.41 bits per heavy atom. The number of nitrogens with one attached hydrogen (secondary N) is 1. The van der Waals surface area contributed by atoms with E-state index in [0.29, 0.717) is 38.2 Å². The summed E-state index contributed by atoms with van der Waals surface area (Å²) >= 11 is 0. The molecule has 0 radical (unpaired) electrons. The molecule has 142 valence electrons. The van der Waals surface area contributed by atoms with Crippen LogP contribution >= 0.6 is 0 Å². The Balaban J connectivity index is 1.29. The minimum atomic E-state index is -0.0867. The zero-order chi connectivity index (χ0) is 18.7. The third-order valence-electron chi connectivity index (χ3n) is 6.18. The van der Waals surface area contributed by atoms with Crippen LogP contribution in [0.25, 0.3) is 0 Å². The summed E-state index contributed by atoms with van der Waals surface area (Å²) < 4.78 is 5.19. The van der Waals surface area contributed by atoms with Crippen LogP contribution in [-0.2, 0) is 10.2 Å². The molecule has 0 unspecified atom stereocenters. The van der Waals surface area contributed by atoms with E-state index in [9.17, 15) is 9.59 Å². The van der Waals surface area contributed by atoms with Gasteiger partial charge in [-0.3, -0.25) is 9.59 Å². The van der Waals surface area contributed by atoms with Gasteiger partial charge in [-0.2, -0.15) is 0 Å². The lowest BCUT2D eigenvalue weighted by molar-refractivity contribution is -0.126. The summed E-state index contributed by atoms with van der Waals surface area (Å²) in [5.74, 6) is 0.393. The van der Waals surface area contributed by atoms with E-state index in [1.54, 1.807) is 17.0 Å². The second kappa shape index (κ2) is 7.59. The molecule has 2 heterocycles. The van der Waals surface area contributed by atoms with Crippen molar-refractivity contribution in [1.82, 2.24) is 10.2 Å². The van der Waals surface area contributed by atoms with Gasteiger partial charge >= 0.3 is 0 Å². The number of likely N-dealkylation sites (tertiary alicyclic amines) is 1. The van der Waals surface area contributed by atoms with Crippen LogP contribution in [0.2, 0.25) is 0 Å². The summed E-state index contributed by atoms with van der Waals surface area (Å²) in [4.78, 5) is 26.8. The normalized spacial score (nSPS) is 19.3. The summed E-state index contributed by atoms with van der Waals surface area (Å²) in [7, 11) is 0. The Kier molecular flexibility index (Phi) is 5.01. The first-order valence-electron chi connectivity index (χ1n) is 9.84. The minimum absolute atomic E-state index is 0.0152. The average Bonchev–Trinajstić information content (AvgIpc) is 3.22. The topological polar surface area (TPSA) is 62.6 Å². The summed E-state index contributed by atoms with van der Waals surface area (Å²) in [5, 5.41) is 3.20. The first-order chi connectivity index (χ1) is 13.2. The van der Waals surface area contributed by atoms with Gasteiger partial charge in [-0.1, -0.05) is 36.8 Å². The van der Waals surface area contributed by atoms with Gasteiger partial charge in [0, 0.05) is 31.0 Å². The van der Waals surface area contributed by atoms with Crippen molar-refractivity contribution in [2.75, 3.05) is 19.6 Å². The second-order valence-electron chi connectivity index (χ2n) is 7.76. The lowest BCUT2D eigenvalue weighted by Gasteiger charge is -2.43. The van der Waals surface area contributed by atoms with Crippen molar-refractivity contribution in [3.8, 4) is 0 Å². The van der Waals surface area contributed by atoms with E-state index in [0.717, 1.165) is 12.8 Å². The number of piperidine rings is 1. The third-order valence-corrected chi connectivity index (χ3v) is 6.18. The highest BCUT2D eigenvalue weighted by molar-refractivity contribution is 5.91. The predicted octanol–water partition coefficient (Wildman–Crippen LogP) is 3.37. The molecule has 2 aromatic rings. The van der Waals surface area contributed by atoms with Gasteiger partial charge in [-0.05, 0) is 43.4 Å². The lowest BCUT2D eigenvalue weighted by atomic mass is 9.64. The third kappa shape index (κ3) is 3.64. The smallest absolute Gasteiger partial charge is 0.289 e. The van der Waals surface area contributed by atoms with E-state index in [2.05, 4.69) is 29.6 Å². The van der Waals surface area contributed by atoms with Crippen LogP contribution in [0.1, 0.15) is 48.2 Å². The second-order valence-corrected chi connectivity index (χ2v) is 7.76. The number of hydrogen-bond acceptors (Lipinski definition) is 3. The van der Waals surface area contributed by atoms with Crippen molar-refractivity contribution in [3.05, 3.63) is 60.1 Å². The van der Waals surface area contributed by atoms with Gasteiger partial charge in [0.25, 0.3) is 5.91 Å². The molecular formula is C22H26N2O3. The zero-order valence-corrected chi connectivity index (χ0v) is 15.5. The first-order valence-corrected chi connectivity index (χ1v) is 9.84. The molecule has 1 aliphatic heterocycles. The number of rotatable bonds is 5. The van der Waals surface area contributed by atoms with Crippen LogP contribution in [0.5, 0.6) is 0 Å². The molecule has 5 heteroatoms. The molecule has 5 nitrogen and oxygen atoms in total. The maximum absolute atomic E-state index is 12.7. The molecule has 1 saturated carbocycles. The van der Waals surface area contributed by atoms with Crippen LogP contribution in [0.3, 0.4) is 0 Å². The Morgan fingerprint density at radius 2 is 1.81 bits per heavy atom. The van der Waals surface area contributed by atoms with Crippen molar-refractivity contribution in [2.24, 2.45) is 5.92 Å². The van der Waals surface area contributed by atoms with Crippen LogP contribution in [-0.4, -0.2) is 36.3 Å². The maximum atomic E-state index is 12.7. The molecule has 1 aliphatic carbocycles. The highest BCUT2D eigenvalue weighted by Gasteiger charge is 2.39. The highest BCUT2D eigenvalue weighted by Crippen LogP contribution is 2.43. The molecule has 4 rings (SSSR count). The molecule has 27 heavy (non-hydrogen) atoms. The fourth-order valence-corrected chi connectivity index (χ4v) is 4.26. The summed E-state index contributed by atoms with van der Waals surface area (Å²) in [6.07, 6.45) is 6.41. The molecule has 0 bridgehead atoms. The Bertz CT molecular complexity index is 773. The lowest BCUT2D eigenvalue weighted by Crippen LogP contribution is -2.48. The van der Waals surface area contributed by atoms with Crippen LogP contribution in [0.15, 0.2) is 53.1 Å². The number of nitrogens with zero attached hydrogens (tertiary/aromatic N) is 1. The largest absolute Gasteiger partial charge is 0.459 e. The predicted molar refractivity (Wildman–Crippen MR) is 102 cm³/mol. The number of benzene rings is 1. The molecule has 2 fully saturated rings. The summed E-state index contributed by atoms with van der Waals surface area (Å²) in [5.41, 5.74) is 1.43. The van der Waals surface area contributed by atoms with Crippen molar-refractivity contribution in [3.63, 3.8) is 0 Å². The molecule has 2 aliphatic rings. The van der Waals surface area contributed by atoms with E-state index in [-0.39, 0.29) is 23.1 Å². The number of carbonyl (C=O) groups excluding carboxylic acids is 2. The SMILES string of the molecule is O=C(NCC1(c2ccccc2)CCC1)C1CCN(C(=O)c2ccco2)CC1. The van der Waals surface area contributed by atoms with E-state index >= 15 is 0 Å². The number of amides is 2. The fraction of sp³-hybridized carbons (Fsp3) is 0.455. The molecule has 1 N–H and O–H groups in total. The summed E-state index contributed by atoms with van der Waals surface area (Å²) in [6, 6.07) is 13.9. The molecule has 1 aromatic carbocycles. The van der Waals surface area contributed by atoms with Gasteiger partial charge in [0.2, 0.25) is 5.91 Å². The number of furan rings is 1. The van der Waals surface area contributed by atoms with Crippen LogP contribution in [0.4, 0.5) is 0 Å². The van der Waals surface area contributed by atoms with Gasteiger partial charge in [0.15, 0.2) is 5.76 Å². The van der Waals surface area contributed by atoms with Crippen LogP contribution < -0.4 is 5.32 Å². The van der Waals surface area contributed by atoms with Crippen molar-refractivity contribution in [2.45, 2.75) is 37.5 Å². The first kappa shape index (κ1) is 17.8. The average molecular weight is 366 g/mol. The van der Waals surface area contributed by atoms with E-state index in [1.165, 1.54) is 18.2 Å². The van der Waals surface area contributed by atoms with E-state index in [1.807, 2.05) is 6.07 Å². The van der Waals surface area contributed by atoms with Crippen molar-refractivity contribution in [1.29, 1.82) is 0 Å². The molecule has 0 atom stereocenters. The fourth-order valence-electron chi connectivity index (χ4n) is 4.26. The zero-order valence-electron chi connectivity index (χ0n) is 15.5. The molecular weight excluding hydrogens is 340 g/mol. The van der Waals surface area contributed by atoms with Gasteiger partial charge in [-0.15, -0.1) is 0 Å². The quantitative estimate of drug-likeness (QED) is 0.882. The molecule has 1 saturated heterocycles. The standard InChI is InChI=1S/C22H26N2O3/c25-20(23-16-22(11-5-12-22)18-6-2-1-3-7-18)17-9-13-24(14-10-17)21(26)19-8-4-15-27-19/h1-4,6-8,15,17H,5,9-14,16H2,(H,23,25). The van der Waals surface area contributed by atoms with Gasteiger partial charge in [0.05, 0.1) is 6.26 Å². The molecule has 1 aromatic heterocycles. The van der Waals surface area contributed by atoms with E-state index < -0.39 is 0 Å². The Hall–Kier alpha value is -2.56. The van der Waals surface area contributed by atoms with Gasteiger partial charge < -0.3 is 14.6 Å². The van der Waals surface area contributed by atoms with Crippen LogP contribution in [0, 0.1) is 5.92 Å². The van der Waals surface area contributed by atoms with E-state index in [4.69, 9.17) is 4.42 Å². The van der Waals surface area contributed by atoms with Crippen molar-refractivity contribution >= 4 is 11.8 Å². The summed E-state index contributed by atoms with van der Waals surface area (Å²) in [6.45, 7) is 1.91. The van der Waals surface area contributed by atoms with Crippen molar-refractivity contribution < 1.29 is 14.0 Å². The van der Waals surface area contributed by atoms with Gasteiger partial charge in [0.1, 0.15) is 0 Å². The highest BCUT2D eigenvalue weighted by atomic mass is 16.3. The Morgan fingerprint density at radius 1 is 1.07 bits per heavy atom. The maximum Gasteiger partial charge on any atom is 0.289 e. The molecule has 2 amide bonds. The monoisotopic (exact) mass is 366 g/mol. The number of hydrogen-bond donors (Lipinski definition) is 1. The Labute approximate surface area is 159 Å². The molecule has 0 spiro atoms. The van der Waals surface area contributed by atoms with Gasteiger partial charge in [-0.25, -0.2) is 0 Å². The minimum Gasteiger partial charge on any atom is -0.459 e. The number of carbonyl (C=O) groups is 2.